The highest BCUT2D eigenvalue weighted by Crippen LogP contribution is 2.41. The molecule has 0 spiro atoms. The van der Waals surface area contributed by atoms with Gasteiger partial charge in [0.2, 0.25) is 11.7 Å². The van der Waals surface area contributed by atoms with Crippen molar-refractivity contribution in [1.29, 1.82) is 0 Å². The summed E-state index contributed by atoms with van der Waals surface area (Å²) < 4.78 is 10.3. The minimum atomic E-state index is -0.215. The summed E-state index contributed by atoms with van der Waals surface area (Å²) in [6, 6.07) is -0.215. The van der Waals surface area contributed by atoms with E-state index in [-0.39, 0.29) is 12.1 Å². The number of rotatable bonds is 4. The number of aromatic nitrogens is 2. The summed E-state index contributed by atoms with van der Waals surface area (Å²) in [4.78, 5) is 4.21. The third-order valence-electron chi connectivity index (χ3n) is 2.41. The molecule has 1 aromatic rings. The second kappa shape index (κ2) is 3.67. The molecular weight excluding hydrogens is 182 g/mol. The van der Waals surface area contributed by atoms with Gasteiger partial charge in [0.25, 0.3) is 0 Å². The summed E-state index contributed by atoms with van der Waals surface area (Å²) >= 11 is 0. The number of methoxy groups -OCH3 is 1. The van der Waals surface area contributed by atoms with Gasteiger partial charge in [-0.2, -0.15) is 4.98 Å². The summed E-state index contributed by atoms with van der Waals surface area (Å²) in [6.07, 6.45) is 2.34. The normalized spacial score (nSPS) is 20.8. The highest BCUT2D eigenvalue weighted by atomic mass is 16.5. The van der Waals surface area contributed by atoms with Gasteiger partial charge in [-0.25, -0.2) is 0 Å². The summed E-state index contributed by atoms with van der Waals surface area (Å²) in [5.41, 5.74) is 5.62. The molecule has 2 atom stereocenters. The lowest BCUT2D eigenvalue weighted by Gasteiger charge is -2.08. The fourth-order valence-corrected chi connectivity index (χ4v) is 1.46. The maximum absolute atomic E-state index is 5.62. The van der Waals surface area contributed by atoms with E-state index in [9.17, 15) is 0 Å². The first-order chi connectivity index (χ1) is 6.72. The second-order valence-electron chi connectivity index (χ2n) is 3.77. The van der Waals surface area contributed by atoms with Gasteiger partial charge in [0, 0.05) is 7.11 Å². The molecule has 14 heavy (non-hydrogen) atoms. The zero-order valence-corrected chi connectivity index (χ0v) is 8.43. The van der Waals surface area contributed by atoms with Crippen molar-refractivity contribution in [3.05, 3.63) is 11.7 Å². The Bertz CT molecular complexity index is 307. The van der Waals surface area contributed by atoms with Crippen molar-refractivity contribution in [3.8, 4) is 0 Å². The van der Waals surface area contributed by atoms with Gasteiger partial charge in [-0.3, -0.25) is 0 Å². The van der Waals surface area contributed by atoms with Gasteiger partial charge in [0.1, 0.15) is 6.10 Å². The number of nitrogens with zero attached hydrogens (tertiary/aromatic N) is 2. The van der Waals surface area contributed by atoms with Gasteiger partial charge in [0.15, 0.2) is 0 Å². The Hall–Kier alpha value is -0.940. The summed E-state index contributed by atoms with van der Waals surface area (Å²) in [7, 11) is 1.67. The average Bonchev–Trinajstić information content (AvgIpc) is 2.84. The van der Waals surface area contributed by atoms with Gasteiger partial charge in [-0.05, 0) is 25.7 Å². The topological polar surface area (TPSA) is 74.2 Å². The zero-order chi connectivity index (χ0) is 10.1. The largest absolute Gasteiger partial charge is 0.373 e. The van der Waals surface area contributed by atoms with Gasteiger partial charge in [-0.15, -0.1) is 0 Å². The molecule has 0 amide bonds. The molecule has 1 heterocycles. The van der Waals surface area contributed by atoms with Crippen LogP contribution in [0, 0.1) is 5.92 Å². The smallest absolute Gasteiger partial charge is 0.243 e. The standard InChI is InChI=1S/C9H15N3O2/c1-5(10)9-11-8(12-14-9)7(13-2)6-3-4-6/h5-7H,3-4,10H2,1-2H3. The Morgan fingerprint density at radius 3 is 2.71 bits per heavy atom. The van der Waals surface area contributed by atoms with Crippen LogP contribution in [-0.2, 0) is 4.74 Å². The van der Waals surface area contributed by atoms with Crippen LogP contribution < -0.4 is 5.73 Å². The molecule has 78 valence electrons. The number of ether oxygens (including phenoxy) is 1. The van der Waals surface area contributed by atoms with Gasteiger partial charge in [0.05, 0.1) is 6.04 Å². The van der Waals surface area contributed by atoms with Crippen LogP contribution in [0.25, 0.3) is 0 Å². The molecule has 0 aromatic carbocycles. The van der Waals surface area contributed by atoms with Crippen LogP contribution in [0.15, 0.2) is 4.52 Å². The Labute approximate surface area is 82.6 Å². The van der Waals surface area contributed by atoms with E-state index >= 15 is 0 Å². The average molecular weight is 197 g/mol. The number of nitrogens with two attached hydrogens (primary N) is 1. The number of hydrogen-bond acceptors (Lipinski definition) is 5. The third kappa shape index (κ3) is 1.78. The van der Waals surface area contributed by atoms with E-state index in [1.165, 1.54) is 12.8 Å². The molecule has 1 aliphatic rings. The molecule has 0 aliphatic heterocycles. The monoisotopic (exact) mass is 197 g/mol. The minimum absolute atomic E-state index is 0.0220. The Morgan fingerprint density at radius 1 is 1.57 bits per heavy atom. The van der Waals surface area contributed by atoms with Gasteiger partial charge in [-0.1, -0.05) is 5.16 Å². The highest BCUT2D eigenvalue weighted by molar-refractivity contribution is 4.99. The Kier molecular flexibility index (Phi) is 2.52. The second-order valence-corrected chi connectivity index (χ2v) is 3.77. The minimum Gasteiger partial charge on any atom is -0.373 e. The van der Waals surface area contributed by atoms with Crippen LogP contribution in [0.4, 0.5) is 0 Å². The molecule has 1 fully saturated rings. The van der Waals surface area contributed by atoms with E-state index in [2.05, 4.69) is 10.1 Å². The maximum atomic E-state index is 5.62. The lowest BCUT2D eigenvalue weighted by Crippen LogP contribution is -2.08. The van der Waals surface area contributed by atoms with Crippen LogP contribution in [0.2, 0.25) is 0 Å². The SMILES string of the molecule is COC(c1noc(C(C)N)n1)C1CC1. The first kappa shape index (κ1) is 9.61. The van der Waals surface area contributed by atoms with Crippen molar-refractivity contribution in [2.45, 2.75) is 31.9 Å². The van der Waals surface area contributed by atoms with Gasteiger partial charge < -0.3 is 15.0 Å². The van der Waals surface area contributed by atoms with E-state index in [0.717, 1.165) is 0 Å². The molecule has 0 saturated heterocycles. The zero-order valence-electron chi connectivity index (χ0n) is 8.43. The summed E-state index contributed by atoms with van der Waals surface area (Å²) in [5, 5.41) is 3.88. The number of hydrogen-bond donors (Lipinski definition) is 1. The third-order valence-corrected chi connectivity index (χ3v) is 2.41. The van der Waals surface area contributed by atoms with Crippen LogP contribution in [0.3, 0.4) is 0 Å². The lowest BCUT2D eigenvalue weighted by molar-refractivity contribution is 0.0751. The molecular formula is C9H15N3O2. The maximum Gasteiger partial charge on any atom is 0.243 e. The van der Waals surface area contributed by atoms with E-state index in [0.29, 0.717) is 17.6 Å². The molecule has 1 aromatic heterocycles. The van der Waals surface area contributed by atoms with Crippen molar-refractivity contribution in [2.75, 3.05) is 7.11 Å². The van der Waals surface area contributed by atoms with Crippen molar-refractivity contribution >= 4 is 0 Å². The summed E-state index contributed by atoms with van der Waals surface area (Å²) in [5.74, 6) is 1.66. The van der Waals surface area contributed by atoms with E-state index < -0.39 is 0 Å². The highest BCUT2D eigenvalue weighted by Gasteiger charge is 2.35. The molecule has 1 saturated carbocycles. The van der Waals surface area contributed by atoms with E-state index in [4.69, 9.17) is 15.0 Å². The molecule has 1 aliphatic carbocycles. The van der Waals surface area contributed by atoms with Crippen molar-refractivity contribution in [3.63, 3.8) is 0 Å². The molecule has 0 bridgehead atoms. The first-order valence-corrected chi connectivity index (χ1v) is 4.84. The van der Waals surface area contributed by atoms with Crippen molar-refractivity contribution in [1.82, 2.24) is 10.1 Å². The van der Waals surface area contributed by atoms with Crippen LogP contribution >= 0.6 is 0 Å². The van der Waals surface area contributed by atoms with E-state index in [1.54, 1.807) is 7.11 Å². The van der Waals surface area contributed by atoms with Crippen molar-refractivity contribution in [2.24, 2.45) is 11.7 Å². The molecule has 2 N–H and O–H groups in total. The fourth-order valence-electron chi connectivity index (χ4n) is 1.46. The Morgan fingerprint density at radius 2 is 2.29 bits per heavy atom. The van der Waals surface area contributed by atoms with Crippen molar-refractivity contribution < 1.29 is 9.26 Å². The molecule has 5 nitrogen and oxygen atoms in total. The predicted octanol–water partition coefficient (Wildman–Crippen LogP) is 1.19. The van der Waals surface area contributed by atoms with E-state index in [1.807, 2.05) is 6.92 Å². The molecule has 0 radical (unpaired) electrons. The fraction of sp³-hybridized carbons (Fsp3) is 0.778. The molecule has 2 rings (SSSR count). The molecule has 5 heteroatoms. The quantitative estimate of drug-likeness (QED) is 0.784. The predicted molar refractivity (Wildman–Crippen MR) is 49.4 cm³/mol. The van der Waals surface area contributed by atoms with Crippen LogP contribution in [0.5, 0.6) is 0 Å². The Balaban J connectivity index is 2.13. The summed E-state index contributed by atoms with van der Waals surface area (Å²) in [6.45, 7) is 1.82. The van der Waals surface area contributed by atoms with Crippen LogP contribution in [-0.4, -0.2) is 17.3 Å². The molecule has 2 unspecified atom stereocenters. The first-order valence-electron chi connectivity index (χ1n) is 4.84. The lowest BCUT2D eigenvalue weighted by atomic mass is 10.2. The van der Waals surface area contributed by atoms with Gasteiger partial charge >= 0.3 is 0 Å². The van der Waals surface area contributed by atoms with Crippen LogP contribution in [0.1, 0.15) is 43.6 Å².